The SMILES string of the molecule is C[N+](C)(C)CC(O)COc1ccc(Cl)cc1Cl. The van der Waals surface area contributed by atoms with Crippen molar-refractivity contribution in [3.05, 3.63) is 28.2 Å². The summed E-state index contributed by atoms with van der Waals surface area (Å²) in [5.74, 6) is 0.538. The number of hydrogen-bond donors (Lipinski definition) is 1. The highest BCUT2D eigenvalue weighted by Gasteiger charge is 2.16. The molecule has 1 unspecified atom stereocenters. The molecule has 1 N–H and O–H groups in total. The average molecular weight is 279 g/mol. The van der Waals surface area contributed by atoms with Crippen molar-refractivity contribution in [1.29, 1.82) is 0 Å². The van der Waals surface area contributed by atoms with Crippen LogP contribution in [0.15, 0.2) is 18.2 Å². The van der Waals surface area contributed by atoms with Gasteiger partial charge in [-0.05, 0) is 18.2 Å². The van der Waals surface area contributed by atoms with Crippen LogP contribution in [0.2, 0.25) is 10.0 Å². The van der Waals surface area contributed by atoms with Crippen molar-refractivity contribution in [3.8, 4) is 5.75 Å². The summed E-state index contributed by atoms with van der Waals surface area (Å²) in [5.41, 5.74) is 0. The van der Waals surface area contributed by atoms with Gasteiger partial charge in [-0.25, -0.2) is 0 Å². The van der Waals surface area contributed by atoms with Gasteiger partial charge in [0.1, 0.15) is 25.0 Å². The van der Waals surface area contributed by atoms with E-state index in [-0.39, 0.29) is 6.61 Å². The normalized spacial score (nSPS) is 13.5. The van der Waals surface area contributed by atoms with Crippen LogP contribution in [-0.2, 0) is 0 Å². The smallest absolute Gasteiger partial charge is 0.138 e. The van der Waals surface area contributed by atoms with E-state index in [1.54, 1.807) is 18.2 Å². The molecule has 0 aliphatic carbocycles. The molecule has 17 heavy (non-hydrogen) atoms. The highest BCUT2D eigenvalue weighted by atomic mass is 35.5. The van der Waals surface area contributed by atoms with E-state index >= 15 is 0 Å². The third-order valence-corrected chi connectivity index (χ3v) is 2.61. The second-order valence-electron chi connectivity index (χ2n) is 5.01. The number of benzene rings is 1. The molecule has 0 amide bonds. The van der Waals surface area contributed by atoms with Crippen LogP contribution >= 0.6 is 23.2 Å². The molecular weight excluding hydrogens is 261 g/mol. The van der Waals surface area contributed by atoms with Gasteiger partial charge in [-0.2, -0.15) is 0 Å². The zero-order chi connectivity index (χ0) is 13.1. The van der Waals surface area contributed by atoms with Gasteiger partial charge in [0.15, 0.2) is 0 Å². The van der Waals surface area contributed by atoms with Crippen LogP contribution in [0.25, 0.3) is 0 Å². The van der Waals surface area contributed by atoms with Crippen molar-refractivity contribution in [2.75, 3.05) is 34.3 Å². The van der Waals surface area contributed by atoms with Crippen molar-refractivity contribution >= 4 is 23.2 Å². The maximum atomic E-state index is 9.78. The molecule has 1 aromatic carbocycles. The monoisotopic (exact) mass is 278 g/mol. The Kier molecular flexibility index (Phi) is 5.07. The zero-order valence-electron chi connectivity index (χ0n) is 10.3. The van der Waals surface area contributed by atoms with Gasteiger partial charge in [0.25, 0.3) is 0 Å². The number of aliphatic hydroxyl groups is 1. The molecule has 0 aliphatic heterocycles. The second-order valence-corrected chi connectivity index (χ2v) is 5.86. The molecule has 5 heteroatoms. The van der Waals surface area contributed by atoms with Crippen molar-refractivity contribution in [1.82, 2.24) is 0 Å². The largest absolute Gasteiger partial charge is 0.489 e. The summed E-state index contributed by atoms with van der Waals surface area (Å²) < 4.78 is 6.13. The Morgan fingerprint density at radius 2 is 1.94 bits per heavy atom. The molecule has 0 heterocycles. The molecule has 0 fully saturated rings. The Bertz CT molecular complexity index is 377. The fraction of sp³-hybridized carbons (Fsp3) is 0.500. The summed E-state index contributed by atoms with van der Waals surface area (Å²) in [5, 5.41) is 10.8. The molecule has 0 radical (unpaired) electrons. The standard InChI is InChI=1S/C12H18Cl2NO2/c1-15(2,3)7-10(16)8-17-12-5-4-9(13)6-11(12)14/h4-6,10,16H,7-8H2,1-3H3/q+1. The Labute approximate surface area is 112 Å². The number of ether oxygens (including phenoxy) is 1. The van der Waals surface area contributed by atoms with E-state index < -0.39 is 6.10 Å². The average Bonchev–Trinajstić information content (AvgIpc) is 2.13. The minimum Gasteiger partial charge on any atom is -0.489 e. The number of quaternary nitrogens is 1. The van der Waals surface area contributed by atoms with Crippen molar-refractivity contribution in [2.45, 2.75) is 6.10 Å². The lowest BCUT2D eigenvalue weighted by Gasteiger charge is -2.26. The first-order valence-electron chi connectivity index (χ1n) is 5.34. The minimum atomic E-state index is -0.526. The molecule has 0 aliphatic rings. The van der Waals surface area contributed by atoms with Crippen LogP contribution in [0.1, 0.15) is 0 Å². The van der Waals surface area contributed by atoms with Gasteiger partial charge >= 0.3 is 0 Å². The lowest BCUT2D eigenvalue weighted by Crippen LogP contribution is -2.43. The lowest BCUT2D eigenvalue weighted by molar-refractivity contribution is -0.873. The first kappa shape index (κ1) is 14.6. The van der Waals surface area contributed by atoms with Gasteiger partial charge < -0.3 is 14.3 Å². The molecule has 0 bridgehead atoms. The van der Waals surface area contributed by atoms with Crippen molar-refractivity contribution in [2.24, 2.45) is 0 Å². The third-order valence-electron chi connectivity index (χ3n) is 2.08. The second kappa shape index (κ2) is 5.91. The maximum absolute atomic E-state index is 9.78. The summed E-state index contributed by atoms with van der Waals surface area (Å²) in [6.45, 7) is 0.835. The van der Waals surface area contributed by atoms with Crippen LogP contribution < -0.4 is 4.74 Å². The molecule has 1 atom stereocenters. The summed E-state index contributed by atoms with van der Waals surface area (Å²) in [7, 11) is 6.04. The van der Waals surface area contributed by atoms with Gasteiger partial charge in [-0.3, -0.25) is 0 Å². The molecule has 96 valence electrons. The van der Waals surface area contributed by atoms with E-state index in [9.17, 15) is 5.11 Å². The Hall–Kier alpha value is -0.480. The predicted octanol–water partition coefficient (Wildman–Crippen LogP) is 2.44. The molecule has 1 aromatic rings. The molecule has 0 saturated heterocycles. The number of likely N-dealkylation sites (N-methyl/N-ethyl adjacent to an activating group) is 1. The molecular formula is C12H18Cl2NO2+. The third kappa shape index (κ3) is 5.59. The van der Waals surface area contributed by atoms with E-state index in [0.29, 0.717) is 26.8 Å². The van der Waals surface area contributed by atoms with E-state index in [4.69, 9.17) is 27.9 Å². The summed E-state index contributed by atoms with van der Waals surface area (Å²) in [6.07, 6.45) is -0.526. The molecule has 1 rings (SSSR count). The number of halogens is 2. The Balaban J connectivity index is 2.50. The number of hydrogen-bond acceptors (Lipinski definition) is 2. The van der Waals surface area contributed by atoms with Crippen LogP contribution in [0.3, 0.4) is 0 Å². The van der Waals surface area contributed by atoms with Gasteiger partial charge in [0.05, 0.1) is 26.2 Å². The van der Waals surface area contributed by atoms with Crippen molar-refractivity contribution in [3.63, 3.8) is 0 Å². The van der Waals surface area contributed by atoms with Gasteiger partial charge in [0.2, 0.25) is 0 Å². The molecule has 0 aromatic heterocycles. The molecule has 3 nitrogen and oxygen atoms in total. The fourth-order valence-electron chi connectivity index (χ4n) is 1.46. The number of rotatable bonds is 5. The van der Waals surface area contributed by atoms with E-state index in [1.165, 1.54) is 0 Å². The van der Waals surface area contributed by atoms with E-state index in [1.807, 2.05) is 21.1 Å². The molecule has 0 spiro atoms. The highest BCUT2D eigenvalue weighted by Crippen LogP contribution is 2.27. The van der Waals surface area contributed by atoms with Crippen LogP contribution in [0.4, 0.5) is 0 Å². The van der Waals surface area contributed by atoms with Crippen LogP contribution in [-0.4, -0.2) is 50.0 Å². The maximum Gasteiger partial charge on any atom is 0.138 e. The van der Waals surface area contributed by atoms with Gasteiger partial charge in [-0.15, -0.1) is 0 Å². The summed E-state index contributed by atoms with van der Waals surface area (Å²) in [4.78, 5) is 0. The first-order chi connectivity index (χ1) is 7.78. The summed E-state index contributed by atoms with van der Waals surface area (Å²) >= 11 is 11.7. The Morgan fingerprint density at radius 1 is 1.29 bits per heavy atom. The summed E-state index contributed by atoms with van der Waals surface area (Å²) in [6, 6.07) is 5.02. The fourth-order valence-corrected chi connectivity index (χ4v) is 1.93. The van der Waals surface area contributed by atoms with Crippen LogP contribution in [0, 0.1) is 0 Å². The van der Waals surface area contributed by atoms with Gasteiger partial charge in [-0.1, -0.05) is 23.2 Å². The van der Waals surface area contributed by atoms with Crippen molar-refractivity contribution < 1.29 is 14.3 Å². The highest BCUT2D eigenvalue weighted by molar-refractivity contribution is 6.35. The number of nitrogens with zero attached hydrogens (tertiary/aromatic N) is 1. The van der Waals surface area contributed by atoms with Gasteiger partial charge in [0, 0.05) is 5.02 Å². The van der Waals surface area contributed by atoms with Crippen LogP contribution in [0.5, 0.6) is 5.75 Å². The Morgan fingerprint density at radius 3 is 2.47 bits per heavy atom. The topological polar surface area (TPSA) is 29.5 Å². The quantitative estimate of drug-likeness (QED) is 0.839. The van der Waals surface area contributed by atoms with E-state index in [2.05, 4.69) is 0 Å². The zero-order valence-corrected chi connectivity index (χ0v) is 11.8. The van der Waals surface area contributed by atoms with E-state index in [0.717, 1.165) is 0 Å². The first-order valence-corrected chi connectivity index (χ1v) is 6.10. The minimum absolute atomic E-state index is 0.219. The predicted molar refractivity (Wildman–Crippen MR) is 70.9 cm³/mol. The molecule has 0 saturated carbocycles. The lowest BCUT2D eigenvalue weighted by atomic mass is 10.3. The number of aliphatic hydroxyl groups excluding tert-OH is 1.